The summed E-state index contributed by atoms with van der Waals surface area (Å²) in [6, 6.07) is 16.6. The Labute approximate surface area is 150 Å². The van der Waals surface area contributed by atoms with Gasteiger partial charge in [0.25, 0.3) is 5.69 Å². The van der Waals surface area contributed by atoms with Crippen LogP contribution < -0.4 is 0 Å². The first kappa shape index (κ1) is 17.2. The zero-order chi connectivity index (χ0) is 17.6. The molecule has 0 unspecified atom stereocenters. The molecule has 0 fully saturated rings. The van der Waals surface area contributed by atoms with E-state index in [0.717, 1.165) is 35.1 Å². The summed E-state index contributed by atoms with van der Waals surface area (Å²) in [5.41, 5.74) is 2.17. The van der Waals surface area contributed by atoms with Crippen LogP contribution in [0, 0.1) is 10.1 Å². The predicted octanol–water partition coefficient (Wildman–Crippen LogP) is 4.56. The van der Waals surface area contributed by atoms with Gasteiger partial charge in [0.1, 0.15) is 0 Å². The van der Waals surface area contributed by atoms with Crippen LogP contribution in [0.1, 0.15) is 18.9 Å². The number of hydrogen-bond donors (Lipinski definition) is 0. The van der Waals surface area contributed by atoms with Crippen molar-refractivity contribution in [1.29, 1.82) is 0 Å². The maximum absolute atomic E-state index is 10.7. The molecule has 0 amide bonds. The standard InChI is InChI=1S/C18H18N4O2S/c1-2-12-21-17(15-6-4-3-5-7-15)19-20-18(21)25-13-14-8-10-16(11-9-14)22(23)24/h3-11H,2,12-13H2,1H3. The van der Waals surface area contributed by atoms with Crippen LogP contribution in [0.5, 0.6) is 0 Å². The Hall–Kier alpha value is -2.67. The van der Waals surface area contributed by atoms with Crippen molar-refractivity contribution in [2.75, 3.05) is 0 Å². The zero-order valence-corrected chi connectivity index (χ0v) is 14.6. The molecule has 6 nitrogen and oxygen atoms in total. The van der Waals surface area contributed by atoms with Gasteiger partial charge in [-0.2, -0.15) is 0 Å². The highest BCUT2D eigenvalue weighted by Gasteiger charge is 2.14. The number of hydrogen-bond acceptors (Lipinski definition) is 5. The lowest BCUT2D eigenvalue weighted by Crippen LogP contribution is -2.02. The smallest absolute Gasteiger partial charge is 0.269 e. The van der Waals surface area contributed by atoms with Crippen molar-refractivity contribution in [2.24, 2.45) is 0 Å². The third kappa shape index (κ3) is 4.06. The van der Waals surface area contributed by atoms with E-state index in [-0.39, 0.29) is 10.6 Å². The SMILES string of the molecule is CCCn1c(SCc2ccc([N+](=O)[O-])cc2)nnc1-c1ccccc1. The van der Waals surface area contributed by atoms with E-state index in [9.17, 15) is 10.1 Å². The van der Waals surface area contributed by atoms with E-state index in [1.54, 1.807) is 23.9 Å². The molecule has 0 radical (unpaired) electrons. The summed E-state index contributed by atoms with van der Waals surface area (Å²) in [4.78, 5) is 10.3. The van der Waals surface area contributed by atoms with Crippen molar-refractivity contribution in [2.45, 2.75) is 30.8 Å². The average Bonchev–Trinajstić information content (AvgIpc) is 3.04. The maximum atomic E-state index is 10.7. The summed E-state index contributed by atoms with van der Waals surface area (Å²) < 4.78 is 2.13. The molecule has 0 saturated heterocycles. The highest BCUT2D eigenvalue weighted by atomic mass is 32.2. The quantitative estimate of drug-likeness (QED) is 0.353. The number of nitro groups is 1. The second kappa shape index (κ2) is 7.94. The molecule has 7 heteroatoms. The van der Waals surface area contributed by atoms with Gasteiger partial charge in [-0.15, -0.1) is 10.2 Å². The molecule has 3 rings (SSSR count). The van der Waals surface area contributed by atoms with Gasteiger partial charge in [-0.1, -0.05) is 61.2 Å². The van der Waals surface area contributed by atoms with Crippen LogP contribution in [0.25, 0.3) is 11.4 Å². The molecule has 0 N–H and O–H groups in total. The number of thioether (sulfide) groups is 1. The van der Waals surface area contributed by atoms with Gasteiger partial charge in [-0.3, -0.25) is 10.1 Å². The second-order valence-electron chi connectivity index (χ2n) is 5.54. The minimum atomic E-state index is -0.388. The van der Waals surface area contributed by atoms with Crippen molar-refractivity contribution in [3.63, 3.8) is 0 Å². The number of nitro benzene ring substituents is 1. The Balaban J connectivity index is 1.78. The average molecular weight is 354 g/mol. The lowest BCUT2D eigenvalue weighted by Gasteiger charge is -2.09. The molecule has 0 aliphatic rings. The van der Waals surface area contributed by atoms with E-state index in [1.165, 1.54) is 12.1 Å². The van der Waals surface area contributed by atoms with Crippen LogP contribution in [0.15, 0.2) is 59.8 Å². The second-order valence-corrected chi connectivity index (χ2v) is 6.48. The van der Waals surface area contributed by atoms with E-state index >= 15 is 0 Å². The summed E-state index contributed by atoms with van der Waals surface area (Å²) in [5, 5.41) is 20.3. The molecule has 0 saturated carbocycles. The highest BCUT2D eigenvalue weighted by Crippen LogP contribution is 2.27. The van der Waals surface area contributed by atoms with Crippen molar-refractivity contribution < 1.29 is 4.92 Å². The number of aromatic nitrogens is 3. The van der Waals surface area contributed by atoms with Gasteiger partial charge in [-0.05, 0) is 12.0 Å². The van der Waals surface area contributed by atoms with Gasteiger partial charge in [0.15, 0.2) is 11.0 Å². The van der Waals surface area contributed by atoms with Gasteiger partial charge < -0.3 is 4.57 Å². The summed E-state index contributed by atoms with van der Waals surface area (Å²) in [7, 11) is 0. The Morgan fingerprint density at radius 2 is 1.80 bits per heavy atom. The largest absolute Gasteiger partial charge is 0.302 e. The normalized spacial score (nSPS) is 10.8. The Morgan fingerprint density at radius 3 is 2.44 bits per heavy atom. The molecular weight excluding hydrogens is 336 g/mol. The third-order valence-electron chi connectivity index (χ3n) is 3.71. The van der Waals surface area contributed by atoms with Crippen LogP contribution in [0.4, 0.5) is 5.69 Å². The van der Waals surface area contributed by atoms with Crippen LogP contribution in [0.2, 0.25) is 0 Å². The lowest BCUT2D eigenvalue weighted by atomic mass is 10.2. The van der Waals surface area contributed by atoms with Crippen molar-refractivity contribution in [1.82, 2.24) is 14.8 Å². The minimum Gasteiger partial charge on any atom is -0.302 e. The van der Waals surface area contributed by atoms with Crippen molar-refractivity contribution >= 4 is 17.4 Å². The van der Waals surface area contributed by atoms with Gasteiger partial charge in [0.2, 0.25) is 0 Å². The summed E-state index contributed by atoms with van der Waals surface area (Å²) >= 11 is 1.59. The fraction of sp³-hybridized carbons (Fsp3) is 0.222. The molecule has 25 heavy (non-hydrogen) atoms. The zero-order valence-electron chi connectivity index (χ0n) is 13.8. The first-order valence-corrected chi connectivity index (χ1v) is 9.02. The van der Waals surface area contributed by atoms with E-state index in [2.05, 4.69) is 21.7 Å². The Kier molecular flexibility index (Phi) is 5.45. The molecular formula is C18H18N4O2S. The molecule has 2 aromatic carbocycles. The number of rotatable bonds is 7. The van der Waals surface area contributed by atoms with Crippen LogP contribution in [0.3, 0.4) is 0 Å². The van der Waals surface area contributed by atoms with Gasteiger partial charge in [0.05, 0.1) is 4.92 Å². The van der Waals surface area contributed by atoms with E-state index in [0.29, 0.717) is 5.75 Å². The number of benzene rings is 2. The molecule has 128 valence electrons. The Morgan fingerprint density at radius 1 is 1.08 bits per heavy atom. The van der Waals surface area contributed by atoms with Crippen LogP contribution >= 0.6 is 11.8 Å². The molecule has 0 atom stereocenters. The highest BCUT2D eigenvalue weighted by molar-refractivity contribution is 7.98. The van der Waals surface area contributed by atoms with Crippen molar-refractivity contribution in [3.05, 3.63) is 70.3 Å². The molecule has 1 aromatic heterocycles. The lowest BCUT2D eigenvalue weighted by molar-refractivity contribution is -0.384. The summed E-state index contributed by atoms with van der Waals surface area (Å²) in [5.74, 6) is 1.56. The minimum absolute atomic E-state index is 0.106. The monoisotopic (exact) mass is 354 g/mol. The topological polar surface area (TPSA) is 73.8 Å². The molecule has 3 aromatic rings. The molecule has 0 aliphatic heterocycles. The fourth-order valence-corrected chi connectivity index (χ4v) is 3.40. The summed E-state index contributed by atoms with van der Waals surface area (Å²) in [6.07, 6.45) is 0.989. The maximum Gasteiger partial charge on any atom is 0.269 e. The molecule has 0 spiro atoms. The first-order valence-electron chi connectivity index (χ1n) is 8.03. The molecule has 0 bridgehead atoms. The molecule has 0 aliphatic carbocycles. The van der Waals surface area contributed by atoms with E-state index < -0.39 is 0 Å². The van der Waals surface area contributed by atoms with E-state index in [4.69, 9.17) is 0 Å². The van der Waals surface area contributed by atoms with Gasteiger partial charge in [0, 0.05) is 30.0 Å². The van der Waals surface area contributed by atoms with E-state index in [1.807, 2.05) is 30.3 Å². The third-order valence-corrected chi connectivity index (χ3v) is 4.75. The number of non-ortho nitro benzene ring substituents is 1. The summed E-state index contributed by atoms with van der Waals surface area (Å²) in [6.45, 7) is 2.97. The predicted molar refractivity (Wildman–Crippen MR) is 98.4 cm³/mol. The molecule has 1 heterocycles. The Bertz CT molecular complexity index is 847. The fourth-order valence-electron chi connectivity index (χ4n) is 2.48. The van der Waals surface area contributed by atoms with Gasteiger partial charge in [-0.25, -0.2) is 0 Å². The van der Waals surface area contributed by atoms with Gasteiger partial charge >= 0.3 is 0 Å². The number of nitrogens with zero attached hydrogens (tertiary/aromatic N) is 4. The van der Waals surface area contributed by atoms with Crippen LogP contribution in [-0.2, 0) is 12.3 Å². The first-order chi connectivity index (χ1) is 12.2. The van der Waals surface area contributed by atoms with Crippen molar-refractivity contribution in [3.8, 4) is 11.4 Å². The van der Waals surface area contributed by atoms with Crippen LogP contribution in [-0.4, -0.2) is 19.7 Å².